The molecule has 13 heavy (non-hydrogen) atoms. The topological polar surface area (TPSA) is 48.9 Å². The zero-order chi connectivity index (χ0) is 9.10. The number of aromatic nitrogens is 2. The molecule has 2 N–H and O–H groups in total. The molecule has 3 heteroatoms. The van der Waals surface area contributed by atoms with Crippen molar-refractivity contribution in [3.05, 3.63) is 30.0 Å². The molecule has 2 rings (SSSR count). The number of hydrogen-bond acceptors (Lipinski definition) is 2. The standard InChI is InChI=1S/C10H12N2O/c13-7-3-6-10-8-4-1-2-5-9(8)11-12-10/h1-2,4-5,13H,3,6-7H2,(H,11,12). The van der Waals surface area contributed by atoms with E-state index in [1.54, 1.807) is 0 Å². The second-order valence-corrected chi connectivity index (χ2v) is 3.05. The fourth-order valence-corrected chi connectivity index (χ4v) is 1.46. The Morgan fingerprint density at radius 2 is 2.15 bits per heavy atom. The van der Waals surface area contributed by atoms with Crippen molar-refractivity contribution in [2.24, 2.45) is 0 Å². The van der Waals surface area contributed by atoms with Crippen LogP contribution in [0.4, 0.5) is 0 Å². The number of aliphatic hydroxyl groups is 1. The molecule has 68 valence electrons. The number of H-pyrrole nitrogens is 1. The van der Waals surface area contributed by atoms with E-state index in [2.05, 4.69) is 10.2 Å². The molecular weight excluding hydrogens is 164 g/mol. The van der Waals surface area contributed by atoms with E-state index < -0.39 is 0 Å². The number of para-hydroxylation sites is 1. The largest absolute Gasteiger partial charge is 0.396 e. The van der Waals surface area contributed by atoms with Crippen LogP contribution in [0.5, 0.6) is 0 Å². The molecule has 0 fully saturated rings. The van der Waals surface area contributed by atoms with Gasteiger partial charge >= 0.3 is 0 Å². The molecule has 1 heterocycles. The first kappa shape index (κ1) is 8.26. The van der Waals surface area contributed by atoms with E-state index in [0.717, 1.165) is 29.4 Å². The molecule has 0 spiro atoms. The van der Waals surface area contributed by atoms with E-state index in [0.29, 0.717) is 0 Å². The monoisotopic (exact) mass is 176 g/mol. The Balaban J connectivity index is 2.35. The van der Waals surface area contributed by atoms with Gasteiger partial charge in [0, 0.05) is 17.7 Å². The summed E-state index contributed by atoms with van der Waals surface area (Å²) in [6, 6.07) is 8.00. The van der Waals surface area contributed by atoms with Gasteiger partial charge in [-0.3, -0.25) is 5.10 Å². The van der Waals surface area contributed by atoms with Crippen molar-refractivity contribution in [3.63, 3.8) is 0 Å². The summed E-state index contributed by atoms with van der Waals surface area (Å²) in [5.74, 6) is 0. The predicted octanol–water partition coefficient (Wildman–Crippen LogP) is 1.49. The third kappa shape index (κ3) is 1.55. The lowest BCUT2D eigenvalue weighted by molar-refractivity contribution is 0.288. The molecule has 0 radical (unpaired) electrons. The summed E-state index contributed by atoms with van der Waals surface area (Å²) in [7, 11) is 0. The normalized spacial score (nSPS) is 10.8. The molecule has 1 aromatic heterocycles. The van der Waals surface area contributed by atoms with E-state index in [-0.39, 0.29) is 6.61 Å². The van der Waals surface area contributed by atoms with Crippen molar-refractivity contribution in [2.75, 3.05) is 6.61 Å². The van der Waals surface area contributed by atoms with Crippen LogP contribution in [0.2, 0.25) is 0 Å². The van der Waals surface area contributed by atoms with Crippen molar-refractivity contribution in [1.29, 1.82) is 0 Å². The molecule has 2 aromatic rings. The molecular formula is C10H12N2O. The zero-order valence-corrected chi connectivity index (χ0v) is 7.33. The van der Waals surface area contributed by atoms with E-state index >= 15 is 0 Å². The van der Waals surface area contributed by atoms with E-state index in [9.17, 15) is 0 Å². The minimum absolute atomic E-state index is 0.230. The van der Waals surface area contributed by atoms with Gasteiger partial charge in [0.15, 0.2) is 0 Å². The Morgan fingerprint density at radius 3 is 3.00 bits per heavy atom. The van der Waals surface area contributed by atoms with Crippen molar-refractivity contribution >= 4 is 10.9 Å². The lowest BCUT2D eigenvalue weighted by Gasteiger charge is -1.94. The number of nitrogens with one attached hydrogen (secondary N) is 1. The fourth-order valence-electron chi connectivity index (χ4n) is 1.46. The van der Waals surface area contributed by atoms with Crippen LogP contribution in [-0.4, -0.2) is 21.9 Å². The summed E-state index contributed by atoms with van der Waals surface area (Å²) in [5, 5.41) is 17.0. The summed E-state index contributed by atoms with van der Waals surface area (Å²) in [6.45, 7) is 0.230. The minimum Gasteiger partial charge on any atom is -0.396 e. The van der Waals surface area contributed by atoms with Gasteiger partial charge in [0.05, 0.1) is 5.52 Å². The zero-order valence-electron chi connectivity index (χ0n) is 7.33. The van der Waals surface area contributed by atoms with Gasteiger partial charge in [-0.2, -0.15) is 5.10 Å². The molecule has 0 unspecified atom stereocenters. The van der Waals surface area contributed by atoms with Crippen LogP contribution >= 0.6 is 0 Å². The highest BCUT2D eigenvalue weighted by molar-refractivity contribution is 5.81. The van der Waals surface area contributed by atoms with Crippen LogP contribution in [0.15, 0.2) is 24.3 Å². The summed E-state index contributed by atoms with van der Waals surface area (Å²) in [5.41, 5.74) is 2.11. The van der Waals surface area contributed by atoms with Crippen LogP contribution in [0.3, 0.4) is 0 Å². The molecule has 1 aromatic carbocycles. The number of rotatable bonds is 3. The minimum atomic E-state index is 0.230. The van der Waals surface area contributed by atoms with Gasteiger partial charge in [-0.25, -0.2) is 0 Å². The maximum absolute atomic E-state index is 8.70. The Bertz CT molecular complexity index is 394. The van der Waals surface area contributed by atoms with E-state index in [1.807, 2.05) is 24.3 Å². The number of aromatic amines is 1. The first-order chi connectivity index (χ1) is 6.42. The molecule has 0 bridgehead atoms. The van der Waals surface area contributed by atoms with E-state index in [4.69, 9.17) is 5.11 Å². The van der Waals surface area contributed by atoms with Gasteiger partial charge in [0.25, 0.3) is 0 Å². The lowest BCUT2D eigenvalue weighted by atomic mass is 10.1. The Morgan fingerprint density at radius 1 is 1.31 bits per heavy atom. The Labute approximate surface area is 76.4 Å². The molecule has 0 amide bonds. The number of benzene rings is 1. The van der Waals surface area contributed by atoms with Crippen molar-refractivity contribution in [1.82, 2.24) is 10.2 Å². The highest BCUT2D eigenvalue weighted by Crippen LogP contribution is 2.15. The molecule has 0 saturated heterocycles. The molecule has 0 aliphatic heterocycles. The summed E-state index contributed by atoms with van der Waals surface area (Å²) in [4.78, 5) is 0. The Hall–Kier alpha value is -1.35. The highest BCUT2D eigenvalue weighted by atomic mass is 16.2. The second-order valence-electron chi connectivity index (χ2n) is 3.05. The predicted molar refractivity (Wildman–Crippen MR) is 51.5 cm³/mol. The Kier molecular flexibility index (Phi) is 2.27. The first-order valence-corrected chi connectivity index (χ1v) is 4.44. The summed E-state index contributed by atoms with van der Waals surface area (Å²) < 4.78 is 0. The summed E-state index contributed by atoms with van der Waals surface area (Å²) in [6.07, 6.45) is 1.64. The molecule has 0 aliphatic rings. The van der Waals surface area contributed by atoms with Crippen LogP contribution in [0.1, 0.15) is 12.1 Å². The number of hydrogen-bond donors (Lipinski definition) is 2. The smallest absolute Gasteiger partial charge is 0.0923 e. The van der Waals surface area contributed by atoms with Crippen LogP contribution < -0.4 is 0 Å². The summed E-state index contributed by atoms with van der Waals surface area (Å²) >= 11 is 0. The van der Waals surface area contributed by atoms with Crippen molar-refractivity contribution in [3.8, 4) is 0 Å². The van der Waals surface area contributed by atoms with Crippen molar-refractivity contribution in [2.45, 2.75) is 12.8 Å². The van der Waals surface area contributed by atoms with Gasteiger partial charge in [-0.15, -0.1) is 0 Å². The van der Waals surface area contributed by atoms with Crippen LogP contribution in [0, 0.1) is 0 Å². The highest BCUT2D eigenvalue weighted by Gasteiger charge is 2.02. The van der Waals surface area contributed by atoms with Gasteiger partial charge in [0.2, 0.25) is 0 Å². The maximum atomic E-state index is 8.70. The average molecular weight is 176 g/mol. The van der Waals surface area contributed by atoms with Crippen LogP contribution in [0.25, 0.3) is 10.9 Å². The number of aliphatic hydroxyl groups excluding tert-OH is 1. The quantitative estimate of drug-likeness (QED) is 0.744. The number of fused-ring (bicyclic) bond motifs is 1. The van der Waals surface area contributed by atoms with Gasteiger partial charge in [-0.1, -0.05) is 18.2 Å². The van der Waals surface area contributed by atoms with Gasteiger partial charge < -0.3 is 5.11 Å². The maximum Gasteiger partial charge on any atom is 0.0923 e. The molecule has 0 saturated carbocycles. The second kappa shape index (κ2) is 3.58. The van der Waals surface area contributed by atoms with Gasteiger partial charge in [0.1, 0.15) is 0 Å². The fraction of sp³-hybridized carbons (Fsp3) is 0.300. The third-order valence-corrected chi connectivity index (χ3v) is 2.13. The molecule has 0 aliphatic carbocycles. The third-order valence-electron chi connectivity index (χ3n) is 2.13. The van der Waals surface area contributed by atoms with Crippen molar-refractivity contribution < 1.29 is 5.11 Å². The van der Waals surface area contributed by atoms with Crippen LogP contribution in [-0.2, 0) is 6.42 Å². The lowest BCUT2D eigenvalue weighted by Crippen LogP contribution is -1.89. The molecule has 0 atom stereocenters. The average Bonchev–Trinajstić information content (AvgIpc) is 2.58. The molecule has 3 nitrogen and oxygen atoms in total. The number of aryl methyl sites for hydroxylation is 1. The van der Waals surface area contributed by atoms with E-state index in [1.165, 1.54) is 0 Å². The first-order valence-electron chi connectivity index (χ1n) is 4.44. The number of nitrogens with zero attached hydrogens (tertiary/aromatic N) is 1. The van der Waals surface area contributed by atoms with Gasteiger partial charge in [-0.05, 0) is 18.9 Å². The SMILES string of the molecule is OCCCc1[nH]nc2ccccc12.